The van der Waals surface area contributed by atoms with Crippen LogP contribution in [0.2, 0.25) is 0 Å². The summed E-state index contributed by atoms with van der Waals surface area (Å²) in [5.74, 6) is -1.08. The largest absolute Gasteiger partial charge is 0.481 e. The van der Waals surface area contributed by atoms with Crippen molar-refractivity contribution in [3.8, 4) is 0 Å². The molecule has 2 aromatic rings. The van der Waals surface area contributed by atoms with Crippen molar-refractivity contribution < 1.29 is 18.3 Å². The number of nitrogens with one attached hydrogen (secondary N) is 1. The molecule has 1 unspecified atom stereocenters. The van der Waals surface area contributed by atoms with Gasteiger partial charge < -0.3 is 9.67 Å². The molecule has 0 radical (unpaired) electrons. The predicted octanol–water partition coefficient (Wildman–Crippen LogP) is 0.976. The molecule has 0 spiro atoms. The average Bonchev–Trinajstić information content (AvgIpc) is 2.97. The van der Waals surface area contributed by atoms with Crippen LogP contribution in [0, 0.1) is 0 Å². The maximum atomic E-state index is 12.2. The van der Waals surface area contributed by atoms with Crippen LogP contribution in [0.25, 0.3) is 0 Å². The van der Waals surface area contributed by atoms with Gasteiger partial charge in [0.1, 0.15) is 0 Å². The van der Waals surface area contributed by atoms with Crippen LogP contribution in [0.5, 0.6) is 0 Å². The summed E-state index contributed by atoms with van der Waals surface area (Å²) in [6.45, 7) is 0. The van der Waals surface area contributed by atoms with Crippen molar-refractivity contribution >= 4 is 27.3 Å². The van der Waals surface area contributed by atoms with Crippen molar-refractivity contribution in [2.75, 3.05) is 0 Å². The number of hydrogen-bond donors (Lipinski definition) is 2. The Morgan fingerprint density at radius 3 is 2.85 bits per heavy atom. The number of imidazole rings is 1. The van der Waals surface area contributed by atoms with Crippen LogP contribution in [0.15, 0.2) is 34.4 Å². The molecule has 0 saturated carbocycles. The second-order valence-corrected chi connectivity index (χ2v) is 6.65. The van der Waals surface area contributed by atoms with E-state index in [-0.39, 0.29) is 11.4 Å². The molecule has 108 valence electrons. The van der Waals surface area contributed by atoms with E-state index in [4.69, 9.17) is 5.11 Å². The number of carboxylic acids is 1. The van der Waals surface area contributed by atoms with Crippen LogP contribution in [-0.4, -0.2) is 29.0 Å². The average molecular weight is 315 g/mol. The van der Waals surface area contributed by atoms with E-state index in [1.165, 1.54) is 28.4 Å². The first kappa shape index (κ1) is 14.7. The fraction of sp³-hybridized carbons (Fsp3) is 0.273. The lowest BCUT2D eigenvalue weighted by Crippen LogP contribution is -2.30. The van der Waals surface area contributed by atoms with Crippen molar-refractivity contribution in [1.29, 1.82) is 0 Å². The third kappa shape index (κ3) is 3.44. The molecule has 7 nitrogen and oxygen atoms in total. The lowest BCUT2D eigenvalue weighted by atomic mass is 10.1. The summed E-state index contributed by atoms with van der Waals surface area (Å²) >= 11 is 1.37. The molecule has 2 heterocycles. The molecule has 0 aliphatic carbocycles. The van der Waals surface area contributed by atoms with E-state index in [0.717, 1.165) is 0 Å². The van der Waals surface area contributed by atoms with Gasteiger partial charge in [-0.1, -0.05) is 0 Å². The molecule has 0 bridgehead atoms. The molecule has 0 amide bonds. The van der Waals surface area contributed by atoms with Crippen molar-refractivity contribution in [2.45, 2.75) is 17.5 Å². The van der Waals surface area contributed by atoms with Gasteiger partial charge in [0.15, 0.2) is 5.03 Å². The van der Waals surface area contributed by atoms with E-state index in [9.17, 15) is 13.2 Å². The zero-order valence-electron chi connectivity index (χ0n) is 10.6. The summed E-state index contributed by atoms with van der Waals surface area (Å²) in [6.07, 6.45) is 2.39. The Kier molecular flexibility index (Phi) is 4.21. The smallest absolute Gasteiger partial charge is 0.305 e. The first-order chi connectivity index (χ1) is 9.38. The van der Waals surface area contributed by atoms with Gasteiger partial charge in [-0.05, 0) is 22.4 Å². The van der Waals surface area contributed by atoms with Crippen molar-refractivity contribution in [3.05, 3.63) is 34.9 Å². The number of rotatable bonds is 6. The number of carboxylic acid groups (broad SMARTS) is 1. The summed E-state index contributed by atoms with van der Waals surface area (Å²) in [5.41, 5.74) is 0.622. The van der Waals surface area contributed by atoms with E-state index in [1.807, 2.05) is 0 Å². The first-order valence-electron chi connectivity index (χ1n) is 5.62. The molecule has 0 fully saturated rings. The predicted molar refractivity (Wildman–Crippen MR) is 72.8 cm³/mol. The highest BCUT2D eigenvalue weighted by molar-refractivity contribution is 7.89. The Bertz CT molecular complexity index is 691. The highest BCUT2D eigenvalue weighted by Gasteiger charge is 2.25. The molecule has 0 aliphatic heterocycles. The molecular formula is C11H13N3O4S2. The van der Waals surface area contributed by atoms with Crippen LogP contribution >= 0.6 is 11.3 Å². The minimum Gasteiger partial charge on any atom is -0.481 e. The Balaban J connectivity index is 2.25. The highest BCUT2D eigenvalue weighted by Crippen LogP contribution is 2.22. The Labute approximate surface area is 119 Å². The molecular weight excluding hydrogens is 302 g/mol. The Morgan fingerprint density at radius 2 is 2.35 bits per heavy atom. The molecule has 0 aliphatic rings. The number of aryl methyl sites for hydroxylation is 1. The van der Waals surface area contributed by atoms with Crippen LogP contribution in [-0.2, 0) is 21.9 Å². The van der Waals surface area contributed by atoms with Crippen molar-refractivity contribution in [1.82, 2.24) is 14.3 Å². The summed E-state index contributed by atoms with van der Waals surface area (Å²) in [5, 5.41) is 12.2. The van der Waals surface area contributed by atoms with Crippen LogP contribution in [0.3, 0.4) is 0 Å². The number of sulfonamides is 1. The molecule has 0 aromatic carbocycles. The second kappa shape index (κ2) is 5.73. The van der Waals surface area contributed by atoms with Crippen LogP contribution in [0.1, 0.15) is 18.0 Å². The summed E-state index contributed by atoms with van der Waals surface area (Å²) in [6, 6.07) is 0.880. The monoisotopic (exact) mass is 315 g/mol. The van der Waals surface area contributed by atoms with Gasteiger partial charge in [0.05, 0.1) is 18.8 Å². The SMILES string of the molecule is Cn1cnc(S(=O)(=O)NC(CC(=O)O)c2ccsc2)c1. The van der Waals surface area contributed by atoms with E-state index >= 15 is 0 Å². The minimum atomic E-state index is -3.85. The van der Waals surface area contributed by atoms with Crippen LogP contribution < -0.4 is 4.72 Å². The highest BCUT2D eigenvalue weighted by atomic mass is 32.2. The Hall–Kier alpha value is -1.71. The number of carbonyl (C=O) groups is 1. The van der Waals surface area contributed by atoms with Gasteiger partial charge in [0.2, 0.25) is 0 Å². The standard InChI is InChI=1S/C11H13N3O4S2/c1-14-5-10(12-7-14)20(17,18)13-9(4-11(15)16)8-2-3-19-6-8/h2-3,5-7,9,13H,4H2,1H3,(H,15,16). The van der Waals surface area contributed by atoms with Crippen LogP contribution in [0.4, 0.5) is 0 Å². The third-order valence-corrected chi connectivity index (χ3v) is 4.64. The zero-order valence-corrected chi connectivity index (χ0v) is 12.2. The van der Waals surface area contributed by atoms with Gasteiger partial charge in [-0.2, -0.15) is 11.3 Å². The maximum Gasteiger partial charge on any atom is 0.305 e. The van der Waals surface area contributed by atoms with Crippen molar-refractivity contribution in [2.24, 2.45) is 7.05 Å². The molecule has 0 saturated heterocycles. The fourth-order valence-corrected chi connectivity index (χ4v) is 3.57. The molecule has 2 rings (SSSR count). The normalized spacial score (nSPS) is 13.2. The zero-order chi connectivity index (χ0) is 14.8. The molecule has 2 aromatic heterocycles. The number of hydrogen-bond acceptors (Lipinski definition) is 5. The molecule has 9 heteroatoms. The lowest BCUT2D eigenvalue weighted by molar-refractivity contribution is -0.137. The number of aliphatic carboxylic acids is 1. The van der Waals surface area contributed by atoms with Gasteiger partial charge in [-0.3, -0.25) is 4.79 Å². The molecule has 20 heavy (non-hydrogen) atoms. The lowest BCUT2D eigenvalue weighted by Gasteiger charge is -2.14. The van der Waals surface area contributed by atoms with E-state index in [2.05, 4.69) is 9.71 Å². The minimum absolute atomic E-state index is 0.134. The number of thiophene rings is 1. The topological polar surface area (TPSA) is 101 Å². The van der Waals surface area contributed by atoms with Gasteiger partial charge in [0.25, 0.3) is 10.0 Å². The van der Waals surface area contributed by atoms with Gasteiger partial charge >= 0.3 is 5.97 Å². The summed E-state index contributed by atoms with van der Waals surface area (Å²) in [7, 11) is -2.20. The number of nitrogens with zero attached hydrogens (tertiary/aromatic N) is 2. The first-order valence-corrected chi connectivity index (χ1v) is 8.05. The second-order valence-electron chi connectivity index (χ2n) is 4.21. The van der Waals surface area contributed by atoms with E-state index in [1.54, 1.807) is 23.9 Å². The van der Waals surface area contributed by atoms with Crippen molar-refractivity contribution in [3.63, 3.8) is 0 Å². The molecule has 1 atom stereocenters. The van der Waals surface area contributed by atoms with Gasteiger partial charge in [-0.25, -0.2) is 18.1 Å². The maximum absolute atomic E-state index is 12.2. The molecule has 2 N–H and O–H groups in total. The fourth-order valence-electron chi connectivity index (χ4n) is 1.65. The quantitative estimate of drug-likeness (QED) is 0.827. The number of aromatic nitrogens is 2. The Morgan fingerprint density at radius 1 is 1.60 bits per heavy atom. The van der Waals surface area contributed by atoms with E-state index < -0.39 is 22.0 Å². The summed E-state index contributed by atoms with van der Waals surface area (Å²) in [4.78, 5) is 14.6. The summed E-state index contributed by atoms with van der Waals surface area (Å²) < 4.78 is 28.2. The van der Waals surface area contributed by atoms with Gasteiger partial charge in [0, 0.05) is 13.2 Å². The third-order valence-electron chi connectivity index (χ3n) is 2.58. The van der Waals surface area contributed by atoms with E-state index in [0.29, 0.717) is 5.56 Å². The van der Waals surface area contributed by atoms with Gasteiger partial charge in [-0.15, -0.1) is 0 Å².